The van der Waals surface area contributed by atoms with Crippen molar-refractivity contribution in [3.63, 3.8) is 0 Å². The first-order valence-corrected chi connectivity index (χ1v) is 6.83. The summed E-state index contributed by atoms with van der Waals surface area (Å²) in [4.78, 5) is 10.8. The van der Waals surface area contributed by atoms with Crippen LogP contribution in [0.1, 0.15) is 38.8 Å². The van der Waals surface area contributed by atoms with Gasteiger partial charge in [-0.1, -0.05) is 44.2 Å². The monoisotopic (exact) mass is 263 g/mol. The lowest BCUT2D eigenvalue weighted by molar-refractivity contribution is 0.246. The summed E-state index contributed by atoms with van der Waals surface area (Å²) in [6.07, 6.45) is 0.997. The largest absolute Gasteiger partial charge is 0.352 e. The SMILES string of the molecule is CC(C)C[C@H](CNC(N)=O)N[C@H](C)c1ccccc1. The molecule has 0 spiro atoms. The van der Waals surface area contributed by atoms with Gasteiger partial charge in [-0.3, -0.25) is 0 Å². The summed E-state index contributed by atoms with van der Waals surface area (Å²) in [5.41, 5.74) is 6.38. The van der Waals surface area contributed by atoms with Crippen molar-refractivity contribution in [2.24, 2.45) is 11.7 Å². The average Bonchev–Trinajstić information content (AvgIpc) is 2.36. The van der Waals surface area contributed by atoms with Crippen molar-refractivity contribution in [1.29, 1.82) is 0 Å². The van der Waals surface area contributed by atoms with E-state index in [4.69, 9.17) is 5.73 Å². The molecule has 0 aliphatic rings. The minimum Gasteiger partial charge on any atom is -0.352 e. The van der Waals surface area contributed by atoms with Crippen LogP contribution in [0.2, 0.25) is 0 Å². The predicted molar refractivity (Wildman–Crippen MR) is 78.8 cm³/mol. The first-order valence-electron chi connectivity index (χ1n) is 6.83. The third-order valence-electron chi connectivity index (χ3n) is 3.06. The zero-order chi connectivity index (χ0) is 14.3. The van der Waals surface area contributed by atoms with Crippen molar-refractivity contribution in [2.45, 2.75) is 39.3 Å². The predicted octanol–water partition coefficient (Wildman–Crippen LogP) is 2.42. The first kappa shape index (κ1) is 15.5. The Morgan fingerprint density at radius 3 is 2.37 bits per heavy atom. The van der Waals surface area contributed by atoms with Crippen LogP contribution in [-0.4, -0.2) is 18.6 Å². The lowest BCUT2D eigenvalue weighted by Gasteiger charge is -2.25. The highest BCUT2D eigenvalue weighted by atomic mass is 16.2. The maximum absolute atomic E-state index is 10.8. The Balaban J connectivity index is 2.57. The van der Waals surface area contributed by atoms with E-state index in [0.717, 1.165) is 6.42 Å². The Bertz CT molecular complexity index is 378. The molecule has 0 saturated carbocycles. The van der Waals surface area contributed by atoms with E-state index in [-0.39, 0.29) is 12.1 Å². The highest BCUT2D eigenvalue weighted by Gasteiger charge is 2.15. The van der Waals surface area contributed by atoms with Crippen molar-refractivity contribution in [3.05, 3.63) is 35.9 Å². The average molecular weight is 263 g/mol. The minimum atomic E-state index is -0.470. The molecule has 0 radical (unpaired) electrons. The van der Waals surface area contributed by atoms with Gasteiger partial charge in [0.2, 0.25) is 0 Å². The van der Waals surface area contributed by atoms with Crippen LogP contribution in [0.15, 0.2) is 30.3 Å². The highest BCUT2D eigenvalue weighted by Crippen LogP contribution is 2.14. The Kier molecular flexibility index (Phi) is 6.36. The van der Waals surface area contributed by atoms with E-state index in [1.165, 1.54) is 5.56 Å². The number of urea groups is 1. The molecule has 1 aromatic carbocycles. The molecule has 19 heavy (non-hydrogen) atoms. The molecule has 0 heterocycles. The molecule has 1 aromatic rings. The molecular formula is C15H25N3O. The molecule has 4 heteroatoms. The van der Waals surface area contributed by atoms with Gasteiger partial charge in [0.05, 0.1) is 0 Å². The summed E-state index contributed by atoms with van der Waals surface area (Å²) in [7, 11) is 0. The van der Waals surface area contributed by atoms with E-state index in [1.54, 1.807) is 0 Å². The molecule has 0 aliphatic carbocycles. The molecule has 1 rings (SSSR count). The first-order chi connectivity index (χ1) is 8.99. The van der Waals surface area contributed by atoms with E-state index in [0.29, 0.717) is 12.5 Å². The lowest BCUT2D eigenvalue weighted by Crippen LogP contribution is -2.44. The smallest absolute Gasteiger partial charge is 0.312 e. The molecule has 0 bridgehead atoms. The normalized spacial score (nSPS) is 14.1. The minimum absolute atomic E-state index is 0.225. The third kappa shape index (κ3) is 6.25. The number of carbonyl (C=O) groups is 1. The van der Waals surface area contributed by atoms with Crippen molar-refractivity contribution >= 4 is 6.03 Å². The Labute approximate surface area is 115 Å². The van der Waals surface area contributed by atoms with E-state index in [2.05, 4.69) is 43.5 Å². The van der Waals surface area contributed by atoms with E-state index >= 15 is 0 Å². The van der Waals surface area contributed by atoms with Crippen molar-refractivity contribution in [1.82, 2.24) is 10.6 Å². The van der Waals surface area contributed by atoms with Gasteiger partial charge in [0.1, 0.15) is 0 Å². The zero-order valence-electron chi connectivity index (χ0n) is 12.0. The number of nitrogens with two attached hydrogens (primary N) is 1. The van der Waals surface area contributed by atoms with E-state index < -0.39 is 6.03 Å². The van der Waals surface area contributed by atoms with Crippen molar-refractivity contribution in [3.8, 4) is 0 Å². The number of hydrogen-bond acceptors (Lipinski definition) is 2. The molecule has 0 aromatic heterocycles. The summed E-state index contributed by atoms with van der Waals surface area (Å²) in [6, 6.07) is 10.3. The Hall–Kier alpha value is -1.55. The fourth-order valence-corrected chi connectivity index (χ4v) is 2.19. The topological polar surface area (TPSA) is 67.1 Å². The van der Waals surface area contributed by atoms with Gasteiger partial charge in [-0.15, -0.1) is 0 Å². The number of nitrogens with one attached hydrogen (secondary N) is 2. The molecule has 0 aliphatic heterocycles. The van der Waals surface area contributed by atoms with Crippen LogP contribution >= 0.6 is 0 Å². The Morgan fingerprint density at radius 1 is 1.21 bits per heavy atom. The summed E-state index contributed by atoms with van der Waals surface area (Å²) in [6.45, 7) is 7.04. The number of rotatable bonds is 7. The second-order valence-electron chi connectivity index (χ2n) is 5.37. The van der Waals surface area contributed by atoms with Gasteiger partial charge in [0.25, 0.3) is 0 Å². The molecule has 0 fully saturated rings. The van der Waals surface area contributed by atoms with Crippen LogP contribution < -0.4 is 16.4 Å². The fourth-order valence-electron chi connectivity index (χ4n) is 2.19. The summed E-state index contributed by atoms with van der Waals surface area (Å²) >= 11 is 0. The van der Waals surface area contributed by atoms with E-state index in [1.807, 2.05) is 18.2 Å². The second-order valence-corrected chi connectivity index (χ2v) is 5.37. The Morgan fingerprint density at radius 2 is 1.84 bits per heavy atom. The summed E-state index contributed by atoms with van der Waals surface area (Å²) in [5, 5.41) is 6.23. The van der Waals surface area contributed by atoms with Gasteiger partial charge in [-0.25, -0.2) is 4.79 Å². The van der Waals surface area contributed by atoms with Crippen LogP contribution in [0.3, 0.4) is 0 Å². The van der Waals surface area contributed by atoms with Crippen molar-refractivity contribution < 1.29 is 4.79 Å². The van der Waals surface area contributed by atoms with Crippen molar-refractivity contribution in [2.75, 3.05) is 6.54 Å². The summed E-state index contributed by atoms with van der Waals surface area (Å²) < 4.78 is 0. The molecule has 2 atom stereocenters. The molecule has 0 unspecified atom stereocenters. The molecule has 106 valence electrons. The molecule has 4 N–H and O–H groups in total. The van der Waals surface area contributed by atoms with Gasteiger partial charge in [0, 0.05) is 18.6 Å². The second kappa shape index (κ2) is 7.79. The fraction of sp³-hybridized carbons (Fsp3) is 0.533. The van der Waals surface area contributed by atoms with Gasteiger partial charge in [-0.2, -0.15) is 0 Å². The van der Waals surface area contributed by atoms with Gasteiger partial charge >= 0.3 is 6.03 Å². The highest BCUT2D eigenvalue weighted by molar-refractivity contribution is 5.71. The quantitative estimate of drug-likeness (QED) is 0.707. The number of primary amides is 1. The van der Waals surface area contributed by atoms with Crippen LogP contribution in [0.25, 0.3) is 0 Å². The van der Waals surface area contributed by atoms with Gasteiger partial charge in [0.15, 0.2) is 0 Å². The number of benzene rings is 1. The number of carbonyl (C=O) groups excluding carboxylic acids is 1. The number of amides is 2. The lowest BCUT2D eigenvalue weighted by atomic mass is 10.0. The maximum Gasteiger partial charge on any atom is 0.312 e. The number of hydrogen-bond donors (Lipinski definition) is 3. The van der Waals surface area contributed by atoms with Crippen LogP contribution in [-0.2, 0) is 0 Å². The molecule has 2 amide bonds. The van der Waals surface area contributed by atoms with Crippen LogP contribution in [0.5, 0.6) is 0 Å². The molecule has 4 nitrogen and oxygen atoms in total. The van der Waals surface area contributed by atoms with Gasteiger partial charge < -0.3 is 16.4 Å². The maximum atomic E-state index is 10.8. The zero-order valence-corrected chi connectivity index (χ0v) is 12.0. The third-order valence-corrected chi connectivity index (χ3v) is 3.06. The van der Waals surface area contributed by atoms with E-state index in [9.17, 15) is 4.79 Å². The van der Waals surface area contributed by atoms with Gasteiger partial charge in [-0.05, 0) is 24.8 Å². The standard InChI is InChI=1S/C15H25N3O/c1-11(2)9-14(10-17-15(16)19)18-12(3)13-7-5-4-6-8-13/h4-8,11-12,14,18H,9-10H2,1-3H3,(H3,16,17,19)/t12-,14-/m1/s1. The summed E-state index contributed by atoms with van der Waals surface area (Å²) in [5.74, 6) is 0.565. The molecular weight excluding hydrogens is 238 g/mol. The molecule has 0 saturated heterocycles. The van der Waals surface area contributed by atoms with Crippen LogP contribution in [0.4, 0.5) is 4.79 Å². The van der Waals surface area contributed by atoms with Crippen LogP contribution in [0, 0.1) is 5.92 Å².